The van der Waals surface area contributed by atoms with Gasteiger partial charge in [-0.25, -0.2) is 8.42 Å². The Bertz CT molecular complexity index is 159. The van der Waals surface area contributed by atoms with E-state index in [9.17, 15) is 8.42 Å². The Morgan fingerprint density at radius 2 is 2.25 bits per heavy atom. The first-order chi connectivity index (χ1) is 3.62. The highest BCUT2D eigenvalue weighted by atomic mass is 32.2. The predicted octanol–water partition coefficient (Wildman–Crippen LogP) is -0.398. The van der Waals surface area contributed by atoms with E-state index in [1.165, 1.54) is 6.08 Å². The lowest BCUT2D eigenvalue weighted by atomic mass is 10.6. The van der Waals surface area contributed by atoms with Crippen LogP contribution in [0, 0.1) is 0 Å². The van der Waals surface area contributed by atoms with Crippen LogP contribution in [0.3, 0.4) is 0 Å². The molecule has 0 aromatic rings. The third kappa shape index (κ3) is 2.82. The summed E-state index contributed by atoms with van der Waals surface area (Å²) in [6.45, 7) is 3.18. The summed E-state index contributed by atoms with van der Waals surface area (Å²) in [6.07, 6.45) is 1.20. The molecule has 0 saturated carbocycles. The van der Waals surface area contributed by atoms with Crippen LogP contribution in [0.25, 0.3) is 0 Å². The Labute approximate surface area is 49.9 Å². The van der Waals surface area contributed by atoms with Crippen molar-refractivity contribution in [2.24, 2.45) is 0 Å². The molecule has 0 N–H and O–H groups in total. The molecule has 0 atom stereocenters. The molecule has 5 heteroatoms. The maximum Gasteiger partial charge on any atom is 0.311 e. The maximum atomic E-state index is 10.2. The highest BCUT2D eigenvalue weighted by molar-refractivity contribution is 7.87. The lowest BCUT2D eigenvalue weighted by Crippen LogP contribution is -2.05. The van der Waals surface area contributed by atoms with E-state index < -0.39 is 10.1 Å². The number of hydrogen-bond acceptors (Lipinski definition) is 3. The molecule has 0 aliphatic rings. The van der Waals surface area contributed by atoms with Crippen LogP contribution in [-0.4, -0.2) is 22.2 Å². The summed E-state index contributed by atoms with van der Waals surface area (Å²) >= 11 is 0. The van der Waals surface area contributed by atoms with Gasteiger partial charge in [0.25, 0.3) is 10.1 Å². The normalized spacial score (nSPS) is 11.0. The van der Waals surface area contributed by atoms with Crippen molar-refractivity contribution in [3.63, 3.8) is 0 Å². The lowest BCUT2D eigenvalue weighted by molar-refractivity contribution is 0.511. The zero-order valence-corrected chi connectivity index (χ0v) is 5.02. The second-order valence-corrected chi connectivity index (χ2v) is 2.75. The van der Waals surface area contributed by atoms with Crippen molar-refractivity contribution in [3.05, 3.63) is 12.7 Å². The molecule has 0 spiro atoms. The van der Waals surface area contributed by atoms with E-state index in [4.69, 9.17) is 0 Å². The lowest BCUT2D eigenvalue weighted by Gasteiger charge is -1.93. The third-order valence-corrected chi connectivity index (χ3v) is 1.41. The smallest absolute Gasteiger partial charge is 0.311 e. The molecule has 0 bridgehead atoms. The molecule has 0 heterocycles. The van der Waals surface area contributed by atoms with Gasteiger partial charge in [-0.2, -0.15) is 0 Å². The zero-order valence-electron chi connectivity index (χ0n) is 4.20. The molecular formula is C3H5BO3S. The van der Waals surface area contributed by atoms with Crippen molar-refractivity contribution in [1.82, 2.24) is 0 Å². The van der Waals surface area contributed by atoms with Crippen LogP contribution in [0.2, 0.25) is 0 Å². The Morgan fingerprint density at radius 3 is 2.38 bits per heavy atom. The minimum absolute atomic E-state index is 0.247. The molecule has 0 aromatic heterocycles. The molecule has 44 valence electrons. The standard InChI is InChI=1S/C3H5BO3S/c1-2-3-8(5,6)7-4/h2H,1,3H2. The first-order valence-corrected chi connectivity index (χ1v) is 3.42. The van der Waals surface area contributed by atoms with E-state index in [0.717, 1.165) is 0 Å². The molecule has 3 nitrogen and oxygen atoms in total. The molecule has 0 rings (SSSR count). The second kappa shape index (κ2) is 2.89. The van der Waals surface area contributed by atoms with Crippen molar-refractivity contribution in [3.8, 4) is 0 Å². The molecule has 0 aliphatic heterocycles. The van der Waals surface area contributed by atoms with Crippen molar-refractivity contribution in [1.29, 1.82) is 0 Å². The summed E-state index contributed by atoms with van der Waals surface area (Å²) in [5.74, 6) is -0.247. The first-order valence-electron chi connectivity index (χ1n) is 1.84. The van der Waals surface area contributed by atoms with Crippen molar-refractivity contribution in [2.75, 3.05) is 5.75 Å². The molecule has 0 aromatic carbocycles. The van der Waals surface area contributed by atoms with Gasteiger partial charge in [0.2, 0.25) is 0 Å². The van der Waals surface area contributed by atoms with Crippen molar-refractivity contribution >= 4 is 18.2 Å². The van der Waals surface area contributed by atoms with Crippen LogP contribution in [0.1, 0.15) is 0 Å². The van der Waals surface area contributed by atoms with Gasteiger partial charge in [-0.3, -0.25) is 0 Å². The Balaban J connectivity index is 3.94. The second-order valence-electron chi connectivity index (χ2n) is 1.11. The van der Waals surface area contributed by atoms with E-state index in [1.54, 1.807) is 0 Å². The van der Waals surface area contributed by atoms with Crippen LogP contribution in [0.4, 0.5) is 0 Å². The van der Waals surface area contributed by atoms with E-state index >= 15 is 0 Å². The van der Waals surface area contributed by atoms with Crippen LogP contribution >= 0.6 is 0 Å². The van der Waals surface area contributed by atoms with Crippen molar-refractivity contribution < 1.29 is 12.5 Å². The van der Waals surface area contributed by atoms with E-state index in [-0.39, 0.29) is 5.75 Å². The number of rotatable bonds is 3. The molecule has 8 heavy (non-hydrogen) atoms. The van der Waals surface area contributed by atoms with Gasteiger partial charge in [-0.05, 0) is 0 Å². The van der Waals surface area contributed by atoms with Crippen LogP contribution in [0.15, 0.2) is 12.7 Å². The summed E-state index contributed by atoms with van der Waals surface area (Å²) < 4.78 is 23.9. The van der Waals surface area contributed by atoms with Gasteiger partial charge >= 0.3 is 8.05 Å². The maximum absolute atomic E-state index is 10.2. The fraction of sp³-hybridized carbons (Fsp3) is 0.333. The van der Waals surface area contributed by atoms with Gasteiger partial charge in [0.1, 0.15) is 0 Å². The summed E-state index contributed by atoms with van der Waals surface area (Å²) in [4.78, 5) is 0. The van der Waals surface area contributed by atoms with Gasteiger partial charge in [-0.15, -0.1) is 6.58 Å². The highest BCUT2D eigenvalue weighted by Crippen LogP contribution is 1.87. The summed E-state index contributed by atoms with van der Waals surface area (Å²) in [6, 6.07) is 0. The summed E-state index contributed by atoms with van der Waals surface area (Å²) in [7, 11) is 0.847. The summed E-state index contributed by atoms with van der Waals surface area (Å²) in [5, 5.41) is 0. The molecule has 2 radical (unpaired) electrons. The van der Waals surface area contributed by atoms with Crippen LogP contribution in [-0.2, 0) is 14.2 Å². The Hall–Kier alpha value is -0.285. The van der Waals surface area contributed by atoms with Crippen LogP contribution in [0.5, 0.6) is 0 Å². The van der Waals surface area contributed by atoms with Gasteiger partial charge in [0, 0.05) is 0 Å². The predicted molar refractivity (Wildman–Crippen MR) is 30.8 cm³/mol. The van der Waals surface area contributed by atoms with Gasteiger partial charge in [-0.1, -0.05) is 6.08 Å². The highest BCUT2D eigenvalue weighted by Gasteiger charge is 2.01. The average molecular weight is 132 g/mol. The summed E-state index contributed by atoms with van der Waals surface area (Å²) in [5.41, 5.74) is 0. The SMILES string of the molecule is [B]OS(=O)(=O)CC=C. The fourth-order valence-corrected chi connectivity index (χ4v) is 0.551. The quantitative estimate of drug-likeness (QED) is 0.387. The molecule has 0 unspecified atom stereocenters. The van der Waals surface area contributed by atoms with E-state index in [2.05, 4.69) is 18.7 Å². The molecule has 0 fully saturated rings. The monoisotopic (exact) mass is 132 g/mol. The minimum Gasteiger partial charge on any atom is -0.347 e. The molecule has 0 amide bonds. The van der Waals surface area contributed by atoms with Gasteiger partial charge in [0.05, 0.1) is 5.75 Å². The molecule has 0 aliphatic carbocycles. The van der Waals surface area contributed by atoms with Crippen molar-refractivity contribution in [2.45, 2.75) is 0 Å². The van der Waals surface area contributed by atoms with Gasteiger partial charge < -0.3 is 4.10 Å². The average Bonchev–Trinajstić information content (AvgIpc) is 1.67. The van der Waals surface area contributed by atoms with Crippen LogP contribution < -0.4 is 0 Å². The fourth-order valence-electron chi connectivity index (χ4n) is 0.184. The minimum atomic E-state index is -3.51. The zero-order chi connectivity index (χ0) is 6.62. The van der Waals surface area contributed by atoms with Gasteiger partial charge in [0.15, 0.2) is 0 Å². The number of hydrogen-bond donors (Lipinski definition) is 0. The Morgan fingerprint density at radius 1 is 1.75 bits per heavy atom. The Kier molecular flexibility index (Phi) is 2.78. The largest absolute Gasteiger partial charge is 0.347 e. The van der Waals surface area contributed by atoms with E-state index in [1.807, 2.05) is 0 Å². The third-order valence-electron chi connectivity index (χ3n) is 0.469. The van der Waals surface area contributed by atoms with E-state index in [0.29, 0.717) is 0 Å². The molecular weight excluding hydrogens is 127 g/mol. The first kappa shape index (κ1) is 7.71. The molecule has 0 saturated heterocycles. The topological polar surface area (TPSA) is 43.4 Å².